The van der Waals surface area contributed by atoms with Crippen LogP contribution < -0.4 is 0 Å². The average Bonchev–Trinajstić information content (AvgIpc) is 3.03. The number of carbonyl (C=O) groups excluding carboxylic acids is 1. The van der Waals surface area contributed by atoms with Gasteiger partial charge in [0.15, 0.2) is 6.29 Å². The molecular weight excluding hydrogens is 364 g/mol. The standard InChI is InChI=1S/C21H32O7/c1-25-18(23)12-8-3-2-4-9-13-26-21-19(24)20(17(14-22)28-21)27-15-16-10-6-5-7-11-16/h5-7,10-11,17,19-22,24H,2-4,8-9,12-15H2,1H3/t17-,19+,20-,21+/m1/s1. The Bertz CT molecular complexity index is 551. The Balaban J connectivity index is 1.62. The van der Waals surface area contributed by atoms with E-state index in [0.717, 1.165) is 37.7 Å². The number of esters is 1. The van der Waals surface area contributed by atoms with Crippen LogP contribution in [0, 0.1) is 0 Å². The van der Waals surface area contributed by atoms with E-state index in [4.69, 9.17) is 14.2 Å². The molecule has 2 N–H and O–H groups in total. The number of methoxy groups -OCH3 is 1. The first-order valence-corrected chi connectivity index (χ1v) is 9.94. The van der Waals surface area contributed by atoms with Crippen molar-refractivity contribution in [2.24, 2.45) is 0 Å². The molecule has 0 unspecified atom stereocenters. The molecule has 2 rings (SSSR count). The Morgan fingerprint density at radius 3 is 2.50 bits per heavy atom. The third-order valence-corrected chi connectivity index (χ3v) is 4.79. The fourth-order valence-corrected chi connectivity index (χ4v) is 3.17. The van der Waals surface area contributed by atoms with Crippen LogP contribution in [0.25, 0.3) is 0 Å². The summed E-state index contributed by atoms with van der Waals surface area (Å²) in [6.45, 7) is 0.555. The van der Waals surface area contributed by atoms with Gasteiger partial charge in [-0.15, -0.1) is 0 Å². The molecule has 1 fully saturated rings. The summed E-state index contributed by atoms with van der Waals surface area (Å²) in [6, 6.07) is 9.65. The lowest BCUT2D eigenvalue weighted by Crippen LogP contribution is -2.37. The quantitative estimate of drug-likeness (QED) is 0.390. The molecule has 1 aliphatic heterocycles. The Hall–Kier alpha value is -1.51. The molecule has 1 aliphatic rings. The van der Waals surface area contributed by atoms with E-state index >= 15 is 0 Å². The Labute approximate surface area is 166 Å². The largest absolute Gasteiger partial charge is 0.469 e. The Morgan fingerprint density at radius 2 is 1.79 bits per heavy atom. The third-order valence-electron chi connectivity index (χ3n) is 4.79. The smallest absolute Gasteiger partial charge is 0.305 e. The minimum atomic E-state index is -0.944. The van der Waals surface area contributed by atoms with Crippen molar-refractivity contribution < 1.29 is 34.0 Å². The van der Waals surface area contributed by atoms with Gasteiger partial charge in [0, 0.05) is 13.0 Å². The molecule has 0 aromatic heterocycles. The van der Waals surface area contributed by atoms with Gasteiger partial charge in [0.05, 0.1) is 20.3 Å². The molecule has 4 atom stereocenters. The first kappa shape index (κ1) is 22.8. The second-order valence-corrected chi connectivity index (χ2v) is 6.94. The predicted molar refractivity (Wildman–Crippen MR) is 102 cm³/mol. The van der Waals surface area contributed by atoms with Crippen LogP contribution in [0.4, 0.5) is 0 Å². The van der Waals surface area contributed by atoms with Crippen LogP contribution in [0.1, 0.15) is 44.1 Å². The van der Waals surface area contributed by atoms with Crippen LogP contribution in [-0.2, 0) is 30.3 Å². The number of rotatable bonds is 13. The van der Waals surface area contributed by atoms with Crippen molar-refractivity contribution >= 4 is 5.97 Å². The van der Waals surface area contributed by atoms with E-state index in [9.17, 15) is 15.0 Å². The maximum absolute atomic E-state index is 11.0. The van der Waals surface area contributed by atoms with E-state index in [1.807, 2.05) is 30.3 Å². The summed E-state index contributed by atoms with van der Waals surface area (Å²) >= 11 is 0. The van der Waals surface area contributed by atoms with Crippen LogP contribution in [0.5, 0.6) is 0 Å². The molecule has 0 bridgehead atoms. The minimum absolute atomic E-state index is 0.168. The van der Waals surface area contributed by atoms with Crippen molar-refractivity contribution in [3.8, 4) is 0 Å². The fraction of sp³-hybridized carbons (Fsp3) is 0.667. The number of aliphatic hydroxyl groups is 2. The van der Waals surface area contributed by atoms with Crippen molar-refractivity contribution in [1.82, 2.24) is 0 Å². The monoisotopic (exact) mass is 396 g/mol. The van der Waals surface area contributed by atoms with Gasteiger partial charge in [-0.25, -0.2) is 0 Å². The highest BCUT2D eigenvalue weighted by Crippen LogP contribution is 2.26. The molecule has 0 radical (unpaired) electrons. The highest BCUT2D eigenvalue weighted by Gasteiger charge is 2.44. The number of ether oxygens (including phenoxy) is 4. The lowest BCUT2D eigenvalue weighted by molar-refractivity contribution is -0.169. The molecule has 1 aromatic carbocycles. The zero-order valence-corrected chi connectivity index (χ0v) is 16.5. The van der Waals surface area contributed by atoms with Gasteiger partial charge in [0.2, 0.25) is 0 Å². The number of benzene rings is 1. The van der Waals surface area contributed by atoms with E-state index in [-0.39, 0.29) is 12.6 Å². The van der Waals surface area contributed by atoms with E-state index < -0.39 is 24.6 Å². The highest BCUT2D eigenvalue weighted by molar-refractivity contribution is 5.68. The van der Waals surface area contributed by atoms with E-state index in [2.05, 4.69) is 4.74 Å². The van der Waals surface area contributed by atoms with Gasteiger partial charge in [0.1, 0.15) is 18.3 Å². The Kier molecular flexibility index (Phi) is 10.5. The number of unbranched alkanes of at least 4 members (excludes halogenated alkanes) is 4. The topological polar surface area (TPSA) is 94.5 Å². The molecule has 0 spiro atoms. The van der Waals surface area contributed by atoms with Gasteiger partial charge in [-0.3, -0.25) is 4.79 Å². The maximum Gasteiger partial charge on any atom is 0.305 e. The van der Waals surface area contributed by atoms with Gasteiger partial charge in [0.25, 0.3) is 0 Å². The molecule has 1 aromatic rings. The van der Waals surface area contributed by atoms with Gasteiger partial charge in [-0.1, -0.05) is 49.6 Å². The Morgan fingerprint density at radius 1 is 1.07 bits per heavy atom. The van der Waals surface area contributed by atoms with E-state index in [1.54, 1.807) is 0 Å². The molecule has 1 saturated heterocycles. The molecule has 158 valence electrons. The van der Waals surface area contributed by atoms with Crippen LogP contribution in [-0.4, -0.2) is 61.1 Å². The van der Waals surface area contributed by atoms with Crippen LogP contribution >= 0.6 is 0 Å². The lowest BCUT2D eigenvalue weighted by Gasteiger charge is -2.19. The minimum Gasteiger partial charge on any atom is -0.469 e. The molecule has 7 heteroatoms. The summed E-state index contributed by atoms with van der Waals surface area (Å²) in [5.41, 5.74) is 0.989. The van der Waals surface area contributed by atoms with Gasteiger partial charge >= 0.3 is 5.97 Å². The molecule has 1 heterocycles. The average molecular weight is 396 g/mol. The summed E-state index contributed by atoms with van der Waals surface area (Å²) in [4.78, 5) is 11.0. The number of aliphatic hydroxyl groups excluding tert-OH is 2. The van der Waals surface area contributed by atoms with Crippen LogP contribution in [0.15, 0.2) is 30.3 Å². The normalized spacial score (nSPS) is 24.4. The number of carbonyl (C=O) groups is 1. The SMILES string of the molecule is COC(=O)CCCCCCCO[C@H]1O[C@H](CO)[C@@H](OCc2ccccc2)[C@@H]1O. The third kappa shape index (κ3) is 7.48. The maximum atomic E-state index is 11.0. The summed E-state index contributed by atoms with van der Waals surface area (Å²) < 4.78 is 21.7. The molecule has 0 amide bonds. The van der Waals surface area contributed by atoms with Gasteiger partial charge in [-0.05, 0) is 18.4 Å². The first-order valence-electron chi connectivity index (χ1n) is 9.94. The summed E-state index contributed by atoms with van der Waals surface area (Å²) in [5, 5.41) is 20.0. The molecular formula is C21H32O7. The lowest BCUT2D eigenvalue weighted by atomic mass is 10.1. The fourth-order valence-electron chi connectivity index (χ4n) is 3.17. The predicted octanol–water partition coefficient (Wildman–Crippen LogP) is 2.18. The zero-order chi connectivity index (χ0) is 20.2. The van der Waals surface area contributed by atoms with Gasteiger partial charge in [-0.2, -0.15) is 0 Å². The number of hydrogen-bond acceptors (Lipinski definition) is 7. The molecule has 0 aliphatic carbocycles. The van der Waals surface area contributed by atoms with Crippen molar-refractivity contribution in [3.63, 3.8) is 0 Å². The highest BCUT2D eigenvalue weighted by atomic mass is 16.7. The summed E-state index contributed by atoms with van der Waals surface area (Å²) in [5.74, 6) is -0.168. The summed E-state index contributed by atoms with van der Waals surface area (Å²) in [6.07, 6.45) is 2.11. The second kappa shape index (κ2) is 12.9. The van der Waals surface area contributed by atoms with Gasteiger partial charge < -0.3 is 29.2 Å². The zero-order valence-electron chi connectivity index (χ0n) is 16.5. The summed E-state index contributed by atoms with van der Waals surface area (Å²) in [7, 11) is 1.40. The molecule has 28 heavy (non-hydrogen) atoms. The number of hydrogen-bond donors (Lipinski definition) is 2. The molecule has 0 saturated carbocycles. The van der Waals surface area contributed by atoms with Crippen molar-refractivity contribution in [3.05, 3.63) is 35.9 Å². The van der Waals surface area contributed by atoms with Crippen molar-refractivity contribution in [2.45, 2.75) is 69.7 Å². The second-order valence-electron chi connectivity index (χ2n) is 6.94. The van der Waals surface area contributed by atoms with Crippen molar-refractivity contribution in [2.75, 3.05) is 20.3 Å². The van der Waals surface area contributed by atoms with Crippen LogP contribution in [0.3, 0.4) is 0 Å². The van der Waals surface area contributed by atoms with E-state index in [1.165, 1.54) is 7.11 Å². The van der Waals surface area contributed by atoms with Crippen LogP contribution in [0.2, 0.25) is 0 Å². The molecule has 7 nitrogen and oxygen atoms in total. The first-order chi connectivity index (χ1) is 13.7. The van der Waals surface area contributed by atoms with E-state index in [0.29, 0.717) is 19.6 Å². The van der Waals surface area contributed by atoms with Crippen molar-refractivity contribution in [1.29, 1.82) is 0 Å².